The van der Waals surface area contributed by atoms with E-state index in [4.69, 9.17) is 0 Å². The van der Waals surface area contributed by atoms with E-state index in [2.05, 4.69) is 73.0 Å². The summed E-state index contributed by atoms with van der Waals surface area (Å²) in [7, 11) is 0. The first-order chi connectivity index (χ1) is 9.36. The van der Waals surface area contributed by atoms with Crippen molar-refractivity contribution in [2.45, 2.75) is 4.90 Å². The summed E-state index contributed by atoms with van der Waals surface area (Å²) in [5, 5.41) is 0. The maximum absolute atomic E-state index is 2.21. The molecule has 0 N–H and O–H groups in total. The Hall–Kier alpha value is -1.51. The molecule has 0 saturated carbocycles. The van der Waals surface area contributed by atoms with E-state index in [-0.39, 0.29) is 0 Å². The fourth-order valence-corrected chi connectivity index (χ4v) is 3.43. The Kier molecular flexibility index (Phi) is 3.72. The lowest BCUT2D eigenvalue weighted by molar-refractivity contribution is 1.47. The van der Waals surface area contributed by atoms with Gasteiger partial charge >= 0.3 is 0 Å². The summed E-state index contributed by atoms with van der Waals surface area (Å²) in [6.45, 7) is 0. The van der Waals surface area contributed by atoms with Crippen molar-refractivity contribution in [2.24, 2.45) is 0 Å². The number of benzene rings is 2. The zero-order valence-corrected chi connectivity index (χ0v) is 12.3. The molecule has 0 aliphatic rings. The molecule has 94 valence electrons. The Morgan fingerprint density at radius 2 is 1.26 bits per heavy atom. The van der Waals surface area contributed by atoms with Gasteiger partial charge in [-0.1, -0.05) is 42.5 Å². The smallest absolute Gasteiger partial charge is 0.0349 e. The molecule has 0 fully saturated rings. The molecule has 3 aromatic rings. The van der Waals surface area contributed by atoms with Crippen LogP contribution in [0.15, 0.2) is 71.6 Å². The summed E-state index contributed by atoms with van der Waals surface area (Å²) < 4.78 is 0. The van der Waals surface area contributed by atoms with Crippen molar-refractivity contribution in [1.82, 2.24) is 0 Å². The number of thiophene rings is 1. The number of rotatable bonds is 3. The molecular formula is C17H14S2. The van der Waals surface area contributed by atoms with Gasteiger partial charge in [0.1, 0.15) is 0 Å². The molecule has 0 saturated heterocycles. The number of hydrogen-bond donors (Lipinski definition) is 0. The van der Waals surface area contributed by atoms with Gasteiger partial charge in [0, 0.05) is 14.6 Å². The summed E-state index contributed by atoms with van der Waals surface area (Å²) >= 11 is 3.62. The van der Waals surface area contributed by atoms with Gasteiger partial charge in [-0.05, 0) is 41.6 Å². The fourth-order valence-electron chi connectivity index (χ4n) is 2.01. The molecule has 0 nitrogen and oxygen atoms in total. The average Bonchev–Trinajstić information content (AvgIpc) is 2.98. The minimum Gasteiger partial charge on any atom is -0.135 e. The molecular weight excluding hydrogens is 268 g/mol. The second-order valence-corrected chi connectivity index (χ2v) is 6.22. The van der Waals surface area contributed by atoms with Crippen LogP contribution in [-0.4, -0.2) is 6.26 Å². The summed E-state index contributed by atoms with van der Waals surface area (Å²) in [4.78, 5) is 3.96. The first-order valence-electron chi connectivity index (χ1n) is 6.16. The van der Waals surface area contributed by atoms with E-state index < -0.39 is 0 Å². The SMILES string of the molecule is CSc1ccc(-c2ccc(-c3ccccc3)s2)cc1. The van der Waals surface area contributed by atoms with Gasteiger partial charge in [0.05, 0.1) is 0 Å². The first-order valence-corrected chi connectivity index (χ1v) is 8.20. The van der Waals surface area contributed by atoms with Crippen LogP contribution < -0.4 is 0 Å². The molecule has 1 heterocycles. The van der Waals surface area contributed by atoms with E-state index >= 15 is 0 Å². The monoisotopic (exact) mass is 282 g/mol. The van der Waals surface area contributed by atoms with Crippen LogP contribution >= 0.6 is 23.1 Å². The molecule has 0 bridgehead atoms. The second-order valence-electron chi connectivity index (χ2n) is 4.26. The predicted molar refractivity (Wildman–Crippen MR) is 87.0 cm³/mol. The van der Waals surface area contributed by atoms with Crippen LogP contribution in [0.5, 0.6) is 0 Å². The third-order valence-corrected chi connectivity index (χ3v) is 4.97. The summed E-state index contributed by atoms with van der Waals surface area (Å²) in [5.41, 5.74) is 2.59. The van der Waals surface area contributed by atoms with Gasteiger partial charge in [-0.3, -0.25) is 0 Å². The Morgan fingerprint density at radius 1 is 0.684 bits per heavy atom. The lowest BCUT2D eigenvalue weighted by Crippen LogP contribution is -1.72. The molecule has 0 radical (unpaired) electrons. The van der Waals surface area contributed by atoms with Gasteiger partial charge in [0.15, 0.2) is 0 Å². The molecule has 3 rings (SSSR count). The molecule has 0 spiro atoms. The highest BCUT2D eigenvalue weighted by molar-refractivity contribution is 7.98. The molecule has 0 aliphatic heterocycles. The Labute approximate surface area is 122 Å². The summed E-state index contributed by atoms with van der Waals surface area (Å²) in [6, 6.07) is 23.7. The normalized spacial score (nSPS) is 10.6. The van der Waals surface area contributed by atoms with Crippen molar-refractivity contribution >= 4 is 23.1 Å². The lowest BCUT2D eigenvalue weighted by Gasteiger charge is -1.99. The highest BCUT2D eigenvalue weighted by Gasteiger charge is 2.04. The molecule has 2 aromatic carbocycles. The predicted octanol–water partition coefficient (Wildman–Crippen LogP) is 5.80. The van der Waals surface area contributed by atoms with Gasteiger partial charge in [-0.2, -0.15) is 0 Å². The highest BCUT2D eigenvalue weighted by atomic mass is 32.2. The van der Waals surface area contributed by atoms with Crippen LogP contribution in [-0.2, 0) is 0 Å². The van der Waals surface area contributed by atoms with Crippen molar-refractivity contribution in [3.8, 4) is 20.9 Å². The van der Waals surface area contributed by atoms with E-state index in [0.29, 0.717) is 0 Å². The van der Waals surface area contributed by atoms with Gasteiger partial charge in [0.2, 0.25) is 0 Å². The molecule has 0 atom stereocenters. The van der Waals surface area contributed by atoms with Crippen molar-refractivity contribution in [2.75, 3.05) is 6.26 Å². The molecule has 0 amide bonds. The van der Waals surface area contributed by atoms with Crippen LogP contribution in [0.1, 0.15) is 0 Å². The Bertz CT molecular complexity index is 651. The molecule has 1 aromatic heterocycles. The first kappa shape index (κ1) is 12.5. The van der Waals surface area contributed by atoms with Gasteiger partial charge < -0.3 is 0 Å². The quantitative estimate of drug-likeness (QED) is 0.547. The van der Waals surface area contributed by atoms with Gasteiger partial charge in [-0.25, -0.2) is 0 Å². The van der Waals surface area contributed by atoms with Crippen molar-refractivity contribution in [1.29, 1.82) is 0 Å². The topological polar surface area (TPSA) is 0 Å². The third kappa shape index (κ3) is 2.75. The molecule has 0 aliphatic carbocycles. The fraction of sp³-hybridized carbons (Fsp3) is 0.0588. The number of thioether (sulfide) groups is 1. The highest BCUT2D eigenvalue weighted by Crippen LogP contribution is 2.34. The van der Waals surface area contributed by atoms with E-state index in [0.717, 1.165) is 0 Å². The summed E-state index contributed by atoms with van der Waals surface area (Å²) in [6.07, 6.45) is 2.10. The largest absolute Gasteiger partial charge is 0.135 e. The zero-order chi connectivity index (χ0) is 13.1. The third-order valence-electron chi connectivity index (χ3n) is 3.04. The molecule has 0 unspecified atom stereocenters. The average molecular weight is 282 g/mol. The van der Waals surface area contributed by atoms with Crippen LogP contribution in [0, 0.1) is 0 Å². The second kappa shape index (κ2) is 5.64. The van der Waals surface area contributed by atoms with E-state index in [1.165, 1.54) is 25.8 Å². The van der Waals surface area contributed by atoms with Crippen molar-refractivity contribution in [3.05, 3.63) is 66.7 Å². The van der Waals surface area contributed by atoms with Gasteiger partial charge in [-0.15, -0.1) is 23.1 Å². The van der Waals surface area contributed by atoms with Crippen molar-refractivity contribution < 1.29 is 0 Å². The molecule has 2 heteroatoms. The Morgan fingerprint density at radius 3 is 1.84 bits per heavy atom. The standard InChI is InChI=1S/C17H14S2/c1-18-15-9-7-14(8-10-15)17-12-11-16(19-17)13-5-3-2-4-6-13/h2-12H,1H3. The van der Waals surface area contributed by atoms with Crippen molar-refractivity contribution in [3.63, 3.8) is 0 Å². The minimum absolute atomic E-state index is 1.29. The zero-order valence-electron chi connectivity index (χ0n) is 10.7. The lowest BCUT2D eigenvalue weighted by atomic mass is 10.2. The van der Waals surface area contributed by atoms with Crippen LogP contribution in [0.25, 0.3) is 20.9 Å². The maximum atomic E-state index is 2.21. The van der Waals surface area contributed by atoms with E-state index in [1.807, 2.05) is 11.3 Å². The summed E-state index contributed by atoms with van der Waals surface area (Å²) in [5.74, 6) is 0. The van der Waals surface area contributed by atoms with Gasteiger partial charge in [0.25, 0.3) is 0 Å². The van der Waals surface area contributed by atoms with Crippen LogP contribution in [0.2, 0.25) is 0 Å². The van der Waals surface area contributed by atoms with Crippen LogP contribution in [0.4, 0.5) is 0 Å². The van der Waals surface area contributed by atoms with E-state index in [1.54, 1.807) is 11.8 Å². The van der Waals surface area contributed by atoms with Crippen LogP contribution in [0.3, 0.4) is 0 Å². The minimum atomic E-state index is 1.29. The van der Waals surface area contributed by atoms with E-state index in [9.17, 15) is 0 Å². The maximum Gasteiger partial charge on any atom is 0.0349 e. The molecule has 19 heavy (non-hydrogen) atoms. The Balaban J connectivity index is 1.92. The number of hydrogen-bond acceptors (Lipinski definition) is 2.